The molecule has 1 aromatic rings. The highest BCUT2D eigenvalue weighted by molar-refractivity contribution is 7.68. The molecule has 0 radical (unpaired) electrons. The molecule has 0 spiro atoms. The van der Waals surface area contributed by atoms with Crippen molar-refractivity contribution in [3.63, 3.8) is 0 Å². The lowest BCUT2D eigenvalue weighted by Crippen LogP contribution is -2.68. The number of unbranched alkanes of at least 4 members (excludes halogenated alkanes) is 3. The van der Waals surface area contributed by atoms with Gasteiger partial charge in [0.25, 0.3) is 5.79 Å². The lowest BCUT2D eigenvalue weighted by atomic mass is 9.84. The largest absolute Gasteiger partial charge is 0.493 e. The number of aryl methyl sites for hydroxylation is 1. The van der Waals surface area contributed by atoms with Crippen LogP contribution < -0.4 is 10.5 Å². The highest BCUT2D eigenvalue weighted by Gasteiger charge is 3.01. The van der Waals surface area contributed by atoms with Gasteiger partial charge in [0.1, 0.15) is 5.75 Å². The lowest BCUT2D eigenvalue weighted by Gasteiger charge is -2.38. The number of hydrogen-bond acceptors (Lipinski definition) is 8. The second kappa shape index (κ2) is 8.30. The van der Waals surface area contributed by atoms with Gasteiger partial charge in [0, 0.05) is 0 Å². The van der Waals surface area contributed by atoms with Gasteiger partial charge in [0.05, 0.1) is 24.3 Å². The van der Waals surface area contributed by atoms with Crippen molar-refractivity contribution in [3.8, 4) is 5.75 Å². The fraction of sp³-hybridized carbons (Fsp3) is 0.684. The van der Waals surface area contributed by atoms with Crippen LogP contribution in [0.1, 0.15) is 50.2 Å². The lowest BCUT2D eigenvalue weighted by molar-refractivity contribution is -0.290. The van der Waals surface area contributed by atoms with Crippen LogP contribution in [-0.2, 0) is 26.2 Å². The van der Waals surface area contributed by atoms with Crippen molar-refractivity contribution >= 4 is 7.60 Å². The molecule has 1 unspecified atom stereocenters. The van der Waals surface area contributed by atoms with E-state index < -0.39 is 42.8 Å². The standard InChI is InChI=1S/C19H27F3NO7P/c1-2-3-4-5-10-28-15-7-6-13(11-14(15)17(20,21)22)8-9-16(23,12-24)18(25,26)19-29-31(19,27)30-19/h6-7,11,24-26H,2-5,8-10,12,23H2,1H3. The zero-order valence-electron chi connectivity index (χ0n) is 17.0. The van der Waals surface area contributed by atoms with Gasteiger partial charge in [-0.3, -0.25) is 13.6 Å². The summed E-state index contributed by atoms with van der Waals surface area (Å²) < 4.78 is 66.9. The van der Waals surface area contributed by atoms with Crippen LogP contribution in [0, 0.1) is 0 Å². The van der Waals surface area contributed by atoms with Crippen LogP contribution in [0.25, 0.3) is 0 Å². The molecule has 2 aliphatic rings. The van der Waals surface area contributed by atoms with E-state index in [1.54, 1.807) is 0 Å². The van der Waals surface area contributed by atoms with Crippen LogP contribution in [0.4, 0.5) is 13.2 Å². The van der Waals surface area contributed by atoms with E-state index in [9.17, 15) is 33.1 Å². The van der Waals surface area contributed by atoms with E-state index in [-0.39, 0.29) is 30.8 Å². The van der Waals surface area contributed by atoms with Crippen molar-refractivity contribution in [2.45, 2.75) is 68.5 Å². The average Bonchev–Trinajstić information content (AvgIpc) is 3.51. The van der Waals surface area contributed by atoms with Crippen LogP contribution in [-0.4, -0.2) is 45.4 Å². The molecule has 31 heavy (non-hydrogen) atoms. The summed E-state index contributed by atoms with van der Waals surface area (Å²) in [5.74, 6) is -3.27. The van der Waals surface area contributed by atoms with Crippen LogP contribution in [0.2, 0.25) is 0 Å². The second-order valence-corrected chi connectivity index (χ2v) is 9.93. The summed E-state index contributed by atoms with van der Waals surface area (Å²) in [7, 11) is -3.59. The van der Waals surface area contributed by atoms with Crippen molar-refractivity contribution in [2.75, 3.05) is 13.2 Å². The molecule has 1 aromatic carbocycles. The highest BCUT2D eigenvalue weighted by atomic mass is 31.2. The first-order chi connectivity index (χ1) is 14.4. The molecule has 0 amide bonds. The number of nitrogens with two attached hydrogens (primary N) is 1. The predicted octanol–water partition coefficient (Wildman–Crippen LogP) is 2.88. The molecule has 12 heteroatoms. The van der Waals surface area contributed by atoms with Crippen molar-refractivity contribution in [1.82, 2.24) is 0 Å². The van der Waals surface area contributed by atoms with E-state index in [1.807, 2.05) is 6.92 Å². The maximum Gasteiger partial charge on any atom is 0.419 e. The normalized spacial score (nSPS) is 26.8. The molecule has 0 aliphatic carbocycles. The zero-order valence-corrected chi connectivity index (χ0v) is 17.9. The van der Waals surface area contributed by atoms with Gasteiger partial charge in [-0.05, 0) is 37.0 Å². The molecule has 2 fully saturated rings. The van der Waals surface area contributed by atoms with Gasteiger partial charge in [0.15, 0.2) is 0 Å². The van der Waals surface area contributed by atoms with Crippen LogP contribution in [0.15, 0.2) is 18.2 Å². The SMILES string of the molecule is CCCCCCOc1ccc(CCC(N)(CO)C(O)(O)C23OP2(=O)O3)cc1C(F)(F)F. The smallest absolute Gasteiger partial charge is 0.419 e. The maximum atomic E-state index is 13.5. The van der Waals surface area contributed by atoms with Gasteiger partial charge in [-0.25, -0.2) is 0 Å². The van der Waals surface area contributed by atoms with Gasteiger partial charge in [-0.2, -0.15) is 13.2 Å². The van der Waals surface area contributed by atoms with Gasteiger partial charge in [-0.15, -0.1) is 0 Å². The monoisotopic (exact) mass is 469 g/mol. The molecule has 0 aromatic heterocycles. The molecule has 2 saturated heterocycles. The van der Waals surface area contributed by atoms with E-state index in [4.69, 9.17) is 10.5 Å². The molecule has 8 nitrogen and oxygen atoms in total. The number of aliphatic hydroxyl groups is 3. The second-order valence-electron chi connectivity index (χ2n) is 7.99. The van der Waals surface area contributed by atoms with Gasteiger partial charge in [0.2, 0.25) is 0 Å². The van der Waals surface area contributed by atoms with Crippen LogP contribution in [0.3, 0.4) is 0 Å². The minimum atomic E-state index is -4.65. The summed E-state index contributed by atoms with van der Waals surface area (Å²) >= 11 is 0. The zero-order chi connectivity index (χ0) is 23.1. The number of aliphatic hydroxyl groups excluding tert-OH is 1. The summed E-state index contributed by atoms with van der Waals surface area (Å²) in [5.41, 5.74) is 0.843. The highest BCUT2D eigenvalue weighted by Crippen LogP contribution is 3.00. The van der Waals surface area contributed by atoms with Crippen molar-refractivity contribution in [2.24, 2.45) is 5.73 Å². The Bertz CT molecular complexity index is 853. The number of halogens is 3. The maximum absolute atomic E-state index is 13.5. The Hall–Kier alpha value is -1.20. The van der Waals surface area contributed by atoms with Crippen molar-refractivity contribution in [3.05, 3.63) is 29.3 Å². The van der Waals surface area contributed by atoms with E-state index in [0.29, 0.717) is 6.42 Å². The summed E-state index contributed by atoms with van der Waals surface area (Å²) in [6.07, 6.45) is -1.66. The number of alkyl halides is 3. The Balaban J connectivity index is 1.70. The van der Waals surface area contributed by atoms with E-state index in [1.165, 1.54) is 12.1 Å². The summed E-state index contributed by atoms with van der Waals surface area (Å²) in [5, 5.41) is 30.3. The fourth-order valence-electron chi connectivity index (χ4n) is 3.45. The Morgan fingerprint density at radius 1 is 1.19 bits per heavy atom. The molecule has 0 saturated carbocycles. The summed E-state index contributed by atoms with van der Waals surface area (Å²) in [6.45, 7) is 1.23. The Morgan fingerprint density at radius 2 is 1.84 bits per heavy atom. The number of hydrogen-bond donors (Lipinski definition) is 4. The quantitative estimate of drug-likeness (QED) is 0.159. The van der Waals surface area contributed by atoms with E-state index in [2.05, 4.69) is 9.05 Å². The van der Waals surface area contributed by atoms with Gasteiger partial charge >= 0.3 is 19.3 Å². The molecular weight excluding hydrogens is 442 g/mol. The number of fused-ring (bicyclic) bond motifs is 1. The number of ether oxygens (including phenoxy) is 1. The molecule has 1 atom stereocenters. The molecule has 5 N–H and O–H groups in total. The summed E-state index contributed by atoms with van der Waals surface area (Å²) in [4.78, 5) is 0. The van der Waals surface area contributed by atoms with Crippen LogP contribution in [0.5, 0.6) is 5.75 Å². The Kier molecular flexibility index (Phi) is 6.54. The Morgan fingerprint density at radius 3 is 2.35 bits per heavy atom. The van der Waals surface area contributed by atoms with Gasteiger partial charge in [-0.1, -0.05) is 32.3 Å². The minimum absolute atomic E-state index is 0.139. The fourth-order valence-corrected chi connectivity index (χ4v) is 5.29. The summed E-state index contributed by atoms with van der Waals surface area (Å²) in [6, 6.07) is 3.52. The molecule has 176 valence electrons. The predicted molar refractivity (Wildman–Crippen MR) is 103 cm³/mol. The first kappa shape index (κ1) is 24.4. The number of benzene rings is 1. The van der Waals surface area contributed by atoms with E-state index >= 15 is 0 Å². The molecule has 3 rings (SSSR count). The molecule has 0 bridgehead atoms. The Labute approximate surface area is 177 Å². The van der Waals surface area contributed by atoms with Crippen molar-refractivity contribution in [1.29, 1.82) is 0 Å². The molecule has 2 heterocycles. The van der Waals surface area contributed by atoms with Crippen LogP contribution >= 0.6 is 7.60 Å². The third-order valence-corrected chi connectivity index (χ3v) is 7.54. The first-order valence-electron chi connectivity index (χ1n) is 10.0. The molecule has 2 aliphatic heterocycles. The number of rotatable bonds is 12. The third-order valence-electron chi connectivity index (χ3n) is 5.67. The molecular formula is C19H27F3NO7P. The third kappa shape index (κ3) is 4.37. The van der Waals surface area contributed by atoms with Crippen molar-refractivity contribution < 1.29 is 46.8 Å². The van der Waals surface area contributed by atoms with E-state index in [0.717, 1.165) is 25.3 Å². The average molecular weight is 469 g/mol. The van der Waals surface area contributed by atoms with Gasteiger partial charge < -0.3 is 25.8 Å². The minimum Gasteiger partial charge on any atom is -0.493 e. The topological polar surface area (TPSA) is 138 Å². The first-order valence-corrected chi connectivity index (χ1v) is 11.6.